The van der Waals surface area contributed by atoms with Gasteiger partial charge in [-0.25, -0.2) is 4.52 Å². The molecule has 0 amide bonds. The van der Waals surface area contributed by atoms with Gasteiger partial charge in [-0.3, -0.25) is 4.68 Å². The highest BCUT2D eigenvalue weighted by Crippen LogP contribution is 2.24. The third-order valence-electron chi connectivity index (χ3n) is 4.46. The molecule has 4 heteroatoms. The van der Waals surface area contributed by atoms with Crippen molar-refractivity contribution >= 4 is 5.52 Å². The molecule has 3 aromatic rings. The van der Waals surface area contributed by atoms with Crippen LogP contribution in [0.25, 0.3) is 5.52 Å². The van der Waals surface area contributed by atoms with Gasteiger partial charge in [-0.2, -0.15) is 10.2 Å². The van der Waals surface area contributed by atoms with Crippen molar-refractivity contribution in [3.05, 3.63) is 53.6 Å². The molecule has 3 aromatic heterocycles. The Morgan fingerprint density at radius 3 is 2.43 bits per heavy atom. The van der Waals surface area contributed by atoms with Crippen LogP contribution in [0.5, 0.6) is 0 Å². The first-order valence-corrected chi connectivity index (χ1v) is 8.54. The van der Waals surface area contributed by atoms with Crippen molar-refractivity contribution in [3.8, 4) is 0 Å². The molecule has 0 fully saturated rings. The van der Waals surface area contributed by atoms with Crippen LogP contribution in [0.2, 0.25) is 0 Å². The molecular weight excluding hydrogens is 284 g/mol. The van der Waals surface area contributed by atoms with Crippen LogP contribution in [0.4, 0.5) is 0 Å². The quantitative estimate of drug-likeness (QED) is 0.702. The van der Waals surface area contributed by atoms with E-state index in [0.717, 1.165) is 6.54 Å². The zero-order valence-corrected chi connectivity index (χ0v) is 14.5. The Morgan fingerprint density at radius 2 is 1.70 bits per heavy atom. The summed E-state index contributed by atoms with van der Waals surface area (Å²) in [6.07, 6.45) is 8.46. The number of aromatic nitrogens is 4. The Labute approximate surface area is 138 Å². The van der Waals surface area contributed by atoms with Gasteiger partial charge in [0.2, 0.25) is 0 Å². The molecule has 4 nitrogen and oxygen atoms in total. The van der Waals surface area contributed by atoms with E-state index in [-0.39, 0.29) is 0 Å². The third-order valence-corrected chi connectivity index (χ3v) is 4.46. The van der Waals surface area contributed by atoms with E-state index in [1.807, 2.05) is 35.2 Å². The lowest BCUT2D eigenvalue weighted by molar-refractivity contribution is 0.656. The van der Waals surface area contributed by atoms with Gasteiger partial charge in [0, 0.05) is 24.0 Å². The van der Waals surface area contributed by atoms with Gasteiger partial charge in [0.25, 0.3) is 0 Å². The first-order chi connectivity index (χ1) is 11.1. The second-order valence-corrected chi connectivity index (χ2v) is 6.81. The lowest BCUT2D eigenvalue weighted by atomic mass is 10.0. The van der Waals surface area contributed by atoms with Crippen LogP contribution in [0.1, 0.15) is 62.8 Å². The van der Waals surface area contributed by atoms with Crippen LogP contribution in [0.3, 0.4) is 0 Å². The highest BCUT2D eigenvalue weighted by molar-refractivity contribution is 5.54. The minimum absolute atomic E-state index is 0.546. The Balaban J connectivity index is 0.000000136. The average molecular weight is 310 g/mol. The fourth-order valence-corrected chi connectivity index (χ4v) is 3.17. The minimum Gasteiger partial charge on any atom is -0.269 e. The molecule has 0 N–H and O–H groups in total. The Kier molecular flexibility index (Phi) is 4.51. The van der Waals surface area contributed by atoms with E-state index >= 15 is 0 Å². The van der Waals surface area contributed by atoms with Gasteiger partial charge in [0.15, 0.2) is 0 Å². The minimum atomic E-state index is 0.546. The number of pyridine rings is 1. The normalized spacial score (nSPS) is 13.5. The zero-order valence-electron chi connectivity index (χ0n) is 14.5. The number of nitrogens with zero attached hydrogens (tertiary/aromatic N) is 4. The lowest BCUT2D eigenvalue weighted by Crippen LogP contribution is -1.95. The molecule has 122 valence electrons. The van der Waals surface area contributed by atoms with Crippen LogP contribution in [-0.4, -0.2) is 19.4 Å². The Morgan fingerprint density at radius 1 is 0.957 bits per heavy atom. The number of rotatable bonds is 2. The maximum Gasteiger partial charge on any atom is 0.0696 e. The highest BCUT2D eigenvalue weighted by Gasteiger charge is 2.17. The van der Waals surface area contributed by atoms with Crippen molar-refractivity contribution in [1.82, 2.24) is 19.4 Å². The second-order valence-electron chi connectivity index (χ2n) is 6.81. The van der Waals surface area contributed by atoms with E-state index < -0.39 is 0 Å². The molecule has 0 aliphatic carbocycles. The monoisotopic (exact) mass is 310 g/mol. The molecular formula is C19H26N4. The molecule has 23 heavy (non-hydrogen) atoms. The predicted molar refractivity (Wildman–Crippen MR) is 93.9 cm³/mol. The average Bonchev–Trinajstić information content (AvgIpc) is 3.22. The molecule has 4 heterocycles. The van der Waals surface area contributed by atoms with Gasteiger partial charge >= 0.3 is 0 Å². The SMILES string of the molecule is CC(C)c1cnn2c1CCC2.CC(C)c1cnn2ccccc12. The first-order valence-electron chi connectivity index (χ1n) is 8.54. The highest BCUT2D eigenvalue weighted by atomic mass is 15.3. The summed E-state index contributed by atoms with van der Waals surface area (Å²) in [5.41, 5.74) is 5.45. The van der Waals surface area contributed by atoms with Gasteiger partial charge in [0.05, 0.1) is 17.9 Å². The molecule has 0 radical (unpaired) electrons. The van der Waals surface area contributed by atoms with Crippen molar-refractivity contribution in [2.24, 2.45) is 0 Å². The van der Waals surface area contributed by atoms with Crippen LogP contribution < -0.4 is 0 Å². The molecule has 0 saturated carbocycles. The summed E-state index contributed by atoms with van der Waals surface area (Å²) in [7, 11) is 0. The van der Waals surface area contributed by atoms with Crippen molar-refractivity contribution in [2.45, 2.75) is 58.9 Å². The summed E-state index contributed by atoms with van der Waals surface area (Å²) in [6.45, 7) is 9.96. The van der Waals surface area contributed by atoms with Crippen LogP contribution in [0, 0.1) is 0 Å². The van der Waals surface area contributed by atoms with E-state index in [0.29, 0.717) is 11.8 Å². The number of fused-ring (bicyclic) bond motifs is 2. The summed E-state index contributed by atoms with van der Waals surface area (Å²) in [5.74, 6) is 1.18. The maximum absolute atomic E-state index is 4.33. The molecule has 0 saturated heterocycles. The van der Waals surface area contributed by atoms with Gasteiger partial charge in [-0.1, -0.05) is 33.8 Å². The number of hydrogen-bond donors (Lipinski definition) is 0. The maximum atomic E-state index is 4.33. The largest absolute Gasteiger partial charge is 0.269 e. The van der Waals surface area contributed by atoms with Gasteiger partial charge in [-0.05, 0) is 42.4 Å². The summed E-state index contributed by atoms with van der Waals surface area (Å²) in [4.78, 5) is 0. The van der Waals surface area contributed by atoms with Gasteiger partial charge in [0.1, 0.15) is 0 Å². The number of aryl methyl sites for hydroxylation is 1. The molecule has 0 bridgehead atoms. The molecule has 1 aliphatic rings. The summed E-state index contributed by atoms with van der Waals surface area (Å²) in [6, 6.07) is 6.13. The fourth-order valence-electron chi connectivity index (χ4n) is 3.17. The number of hydrogen-bond acceptors (Lipinski definition) is 2. The van der Waals surface area contributed by atoms with E-state index in [2.05, 4.69) is 48.6 Å². The van der Waals surface area contributed by atoms with Crippen molar-refractivity contribution in [3.63, 3.8) is 0 Å². The van der Waals surface area contributed by atoms with Crippen LogP contribution in [0.15, 0.2) is 36.8 Å². The van der Waals surface area contributed by atoms with Crippen molar-refractivity contribution in [2.75, 3.05) is 0 Å². The standard InChI is InChI=1S/C10H12N2.C9H14N2/c1-8(2)9-7-11-12-6-4-3-5-10(9)12;1-7(2)8-6-10-11-5-3-4-9(8)11/h3-8H,1-2H3;6-7H,3-5H2,1-2H3. The molecule has 1 aliphatic heterocycles. The van der Waals surface area contributed by atoms with E-state index in [1.54, 1.807) is 0 Å². The fraction of sp³-hybridized carbons (Fsp3) is 0.474. The molecule has 0 atom stereocenters. The third kappa shape index (κ3) is 3.16. The topological polar surface area (TPSA) is 35.1 Å². The first kappa shape index (κ1) is 15.8. The van der Waals surface area contributed by atoms with E-state index in [9.17, 15) is 0 Å². The summed E-state index contributed by atoms with van der Waals surface area (Å²) in [5, 5.41) is 8.59. The molecule has 0 aromatic carbocycles. The molecule has 0 unspecified atom stereocenters. The molecule has 4 rings (SSSR count). The predicted octanol–water partition coefficient (Wildman–Crippen LogP) is 4.41. The van der Waals surface area contributed by atoms with Gasteiger partial charge in [-0.15, -0.1) is 0 Å². The smallest absolute Gasteiger partial charge is 0.0696 e. The van der Waals surface area contributed by atoms with Crippen molar-refractivity contribution < 1.29 is 0 Å². The van der Waals surface area contributed by atoms with E-state index in [4.69, 9.17) is 0 Å². The van der Waals surface area contributed by atoms with Crippen LogP contribution >= 0.6 is 0 Å². The zero-order chi connectivity index (χ0) is 16.4. The summed E-state index contributed by atoms with van der Waals surface area (Å²) >= 11 is 0. The Hall–Kier alpha value is -2.10. The van der Waals surface area contributed by atoms with Crippen molar-refractivity contribution in [1.29, 1.82) is 0 Å². The van der Waals surface area contributed by atoms with E-state index in [1.165, 1.54) is 35.2 Å². The Bertz CT molecular complexity index is 780. The summed E-state index contributed by atoms with van der Waals surface area (Å²) < 4.78 is 4.06. The lowest BCUT2D eigenvalue weighted by Gasteiger charge is -2.02. The van der Waals surface area contributed by atoms with Gasteiger partial charge < -0.3 is 0 Å². The molecule has 0 spiro atoms. The van der Waals surface area contributed by atoms with Crippen LogP contribution in [-0.2, 0) is 13.0 Å². The second kappa shape index (κ2) is 6.57.